The van der Waals surface area contributed by atoms with Crippen LogP contribution in [0.15, 0.2) is 24.3 Å². The van der Waals surface area contributed by atoms with Gasteiger partial charge in [-0.2, -0.15) is 0 Å². The smallest absolute Gasteiger partial charge is 0.305 e. The molecule has 354 valence electrons. The minimum Gasteiger partial charge on any atom is -0.466 e. The number of carbonyl (C=O) groups excluding carboxylic acids is 2. The van der Waals surface area contributed by atoms with Crippen molar-refractivity contribution < 1.29 is 24.5 Å². The number of esters is 1. The van der Waals surface area contributed by atoms with Crippen LogP contribution < -0.4 is 5.32 Å². The van der Waals surface area contributed by atoms with Crippen LogP contribution in [0.3, 0.4) is 0 Å². The Morgan fingerprint density at radius 3 is 1.23 bits per heavy atom. The molecule has 0 heterocycles. The Kier molecular flexibility index (Phi) is 48.6. The number of aliphatic hydroxyl groups excluding tert-OH is 2. The van der Waals surface area contributed by atoms with Gasteiger partial charge in [0.25, 0.3) is 0 Å². The zero-order valence-electron chi connectivity index (χ0n) is 40.2. The molecule has 0 fully saturated rings. The number of unbranched alkanes of at least 4 members (excludes halogenated alkanes) is 34. The second-order valence-corrected chi connectivity index (χ2v) is 18.2. The molecule has 2 atom stereocenters. The lowest BCUT2D eigenvalue weighted by molar-refractivity contribution is -0.143. The van der Waals surface area contributed by atoms with E-state index >= 15 is 0 Å². The molecule has 0 saturated carbocycles. The molecule has 0 radical (unpaired) electrons. The zero-order chi connectivity index (χ0) is 43.7. The van der Waals surface area contributed by atoms with Crippen molar-refractivity contribution in [1.82, 2.24) is 5.32 Å². The average molecular weight is 846 g/mol. The van der Waals surface area contributed by atoms with E-state index in [9.17, 15) is 19.8 Å². The summed E-state index contributed by atoms with van der Waals surface area (Å²) in [6.07, 6.45) is 58.8. The average Bonchev–Trinajstić information content (AvgIpc) is 3.25. The molecule has 0 aromatic heterocycles. The van der Waals surface area contributed by atoms with Gasteiger partial charge in [0.05, 0.1) is 25.4 Å². The zero-order valence-corrected chi connectivity index (χ0v) is 40.2. The summed E-state index contributed by atoms with van der Waals surface area (Å²) < 4.78 is 5.45. The van der Waals surface area contributed by atoms with E-state index in [0.717, 1.165) is 44.9 Å². The molecule has 0 aliphatic heterocycles. The molecule has 0 aliphatic rings. The maximum atomic E-state index is 12.4. The summed E-state index contributed by atoms with van der Waals surface area (Å²) in [5, 5.41) is 23.1. The number of rotatable bonds is 49. The minimum absolute atomic E-state index is 0.00155. The maximum absolute atomic E-state index is 12.4. The molecule has 2 unspecified atom stereocenters. The topological polar surface area (TPSA) is 95.9 Å². The largest absolute Gasteiger partial charge is 0.466 e. The van der Waals surface area contributed by atoms with Crippen LogP contribution >= 0.6 is 0 Å². The van der Waals surface area contributed by atoms with Crippen LogP contribution in [0.5, 0.6) is 0 Å². The van der Waals surface area contributed by atoms with Crippen LogP contribution in [-0.2, 0) is 14.3 Å². The van der Waals surface area contributed by atoms with Gasteiger partial charge in [-0.3, -0.25) is 9.59 Å². The van der Waals surface area contributed by atoms with Crippen LogP contribution in [0.1, 0.15) is 284 Å². The summed E-state index contributed by atoms with van der Waals surface area (Å²) in [5.41, 5.74) is 0. The summed E-state index contributed by atoms with van der Waals surface area (Å²) in [7, 11) is 0. The summed E-state index contributed by atoms with van der Waals surface area (Å²) >= 11 is 0. The number of allylic oxidation sites excluding steroid dienone is 4. The van der Waals surface area contributed by atoms with Gasteiger partial charge in [0.1, 0.15) is 0 Å². The van der Waals surface area contributed by atoms with E-state index in [-0.39, 0.29) is 18.5 Å². The number of nitrogens with one attached hydrogen (secondary N) is 1. The Morgan fingerprint density at radius 1 is 0.450 bits per heavy atom. The second-order valence-electron chi connectivity index (χ2n) is 18.2. The summed E-state index contributed by atoms with van der Waals surface area (Å²) in [6.45, 7) is 4.89. The van der Waals surface area contributed by atoms with Gasteiger partial charge in [0.2, 0.25) is 5.91 Å². The molecule has 6 heteroatoms. The normalized spacial score (nSPS) is 12.8. The predicted molar refractivity (Wildman–Crippen MR) is 260 cm³/mol. The highest BCUT2D eigenvalue weighted by molar-refractivity contribution is 5.76. The van der Waals surface area contributed by atoms with Crippen LogP contribution in [0.4, 0.5) is 0 Å². The van der Waals surface area contributed by atoms with Crippen LogP contribution in [0, 0.1) is 0 Å². The molecule has 0 spiro atoms. The molecule has 0 bridgehead atoms. The number of carbonyl (C=O) groups is 2. The Balaban J connectivity index is 3.41. The number of hydrogen-bond acceptors (Lipinski definition) is 5. The molecule has 1 amide bonds. The molecule has 0 saturated heterocycles. The van der Waals surface area contributed by atoms with Crippen molar-refractivity contribution >= 4 is 11.9 Å². The van der Waals surface area contributed by atoms with E-state index in [1.165, 1.54) is 205 Å². The van der Waals surface area contributed by atoms with E-state index in [0.29, 0.717) is 25.9 Å². The molecule has 0 aromatic rings. The lowest BCUT2D eigenvalue weighted by Crippen LogP contribution is -2.45. The Hall–Kier alpha value is -1.66. The van der Waals surface area contributed by atoms with Gasteiger partial charge >= 0.3 is 5.97 Å². The van der Waals surface area contributed by atoms with Crippen molar-refractivity contribution in [1.29, 1.82) is 0 Å². The van der Waals surface area contributed by atoms with E-state index < -0.39 is 12.1 Å². The first-order valence-electron chi connectivity index (χ1n) is 26.6. The molecule has 6 nitrogen and oxygen atoms in total. The lowest BCUT2D eigenvalue weighted by Gasteiger charge is -2.22. The van der Waals surface area contributed by atoms with Crippen LogP contribution in [-0.4, -0.2) is 47.4 Å². The molecule has 0 aromatic carbocycles. The molecule has 0 aliphatic carbocycles. The van der Waals surface area contributed by atoms with Crippen molar-refractivity contribution in [2.45, 2.75) is 296 Å². The number of aliphatic hydroxyl groups is 2. The molecule has 60 heavy (non-hydrogen) atoms. The fraction of sp³-hybridized carbons (Fsp3) is 0.889. The monoisotopic (exact) mass is 846 g/mol. The standard InChI is InChI=1S/C54H103NO5/c1-3-5-7-9-11-13-27-32-36-40-44-48-54(59)60-49-45-41-37-33-29-26-24-22-20-18-16-15-17-19-21-23-25-28-31-35-39-43-47-53(58)55-51(50-56)52(57)46-42-38-34-30-14-12-10-8-6-4-2/h9,11,17,19,51-52,56-57H,3-8,10,12-16,18,20-50H2,1-2H3,(H,55,58)/b11-9-,19-17-. The minimum atomic E-state index is -0.666. The maximum Gasteiger partial charge on any atom is 0.305 e. The predicted octanol–water partition coefficient (Wildman–Crippen LogP) is 15.9. The van der Waals surface area contributed by atoms with E-state index in [1.54, 1.807) is 0 Å². The quantitative estimate of drug-likeness (QED) is 0.0322. The summed E-state index contributed by atoms with van der Waals surface area (Å²) in [5.74, 6) is -0.0454. The first kappa shape index (κ1) is 58.3. The van der Waals surface area contributed by atoms with Gasteiger partial charge in [-0.1, -0.05) is 224 Å². The lowest BCUT2D eigenvalue weighted by atomic mass is 10.0. The van der Waals surface area contributed by atoms with Crippen molar-refractivity contribution in [2.24, 2.45) is 0 Å². The first-order valence-corrected chi connectivity index (χ1v) is 26.6. The third-order valence-electron chi connectivity index (χ3n) is 12.2. The van der Waals surface area contributed by atoms with E-state index in [4.69, 9.17) is 4.74 Å². The van der Waals surface area contributed by atoms with Crippen molar-refractivity contribution in [3.05, 3.63) is 24.3 Å². The van der Waals surface area contributed by atoms with Gasteiger partial charge in [0.15, 0.2) is 0 Å². The Morgan fingerprint density at radius 2 is 0.800 bits per heavy atom. The van der Waals surface area contributed by atoms with Crippen LogP contribution in [0.2, 0.25) is 0 Å². The Bertz CT molecular complexity index is 935. The van der Waals surface area contributed by atoms with Crippen molar-refractivity contribution in [3.8, 4) is 0 Å². The number of ether oxygens (including phenoxy) is 1. The molecular formula is C54H103NO5. The van der Waals surface area contributed by atoms with E-state index in [2.05, 4.69) is 43.5 Å². The van der Waals surface area contributed by atoms with Crippen molar-refractivity contribution in [3.63, 3.8) is 0 Å². The van der Waals surface area contributed by atoms with Crippen LogP contribution in [0.25, 0.3) is 0 Å². The highest BCUT2D eigenvalue weighted by Crippen LogP contribution is 2.16. The SMILES string of the molecule is CCCC/C=C\CCCCCCCC(=O)OCCCCCCCCCCCCC/C=C\CCCCCCCCCC(=O)NC(CO)C(O)CCCCCCCCCCCC. The van der Waals surface area contributed by atoms with Gasteiger partial charge in [-0.15, -0.1) is 0 Å². The number of hydrogen-bond donors (Lipinski definition) is 3. The molecular weight excluding hydrogens is 743 g/mol. The van der Waals surface area contributed by atoms with Crippen molar-refractivity contribution in [2.75, 3.05) is 13.2 Å². The summed E-state index contributed by atoms with van der Waals surface area (Å²) in [4.78, 5) is 24.4. The molecule has 3 N–H and O–H groups in total. The number of amides is 1. The summed E-state index contributed by atoms with van der Waals surface area (Å²) in [6, 6.07) is -0.544. The highest BCUT2D eigenvalue weighted by atomic mass is 16.5. The third-order valence-corrected chi connectivity index (χ3v) is 12.2. The first-order chi connectivity index (χ1) is 29.5. The van der Waals surface area contributed by atoms with Gasteiger partial charge in [-0.05, 0) is 70.6 Å². The fourth-order valence-electron chi connectivity index (χ4n) is 8.08. The second kappa shape index (κ2) is 50.0. The third kappa shape index (κ3) is 45.9. The van der Waals surface area contributed by atoms with Gasteiger partial charge in [-0.25, -0.2) is 0 Å². The fourth-order valence-corrected chi connectivity index (χ4v) is 8.08. The van der Waals surface area contributed by atoms with Gasteiger partial charge < -0.3 is 20.3 Å². The van der Waals surface area contributed by atoms with E-state index in [1.807, 2.05) is 0 Å². The van der Waals surface area contributed by atoms with Gasteiger partial charge in [0, 0.05) is 12.8 Å². The highest BCUT2D eigenvalue weighted by Gasteiger charge is 2.20. The Labute approximate surface area is 373 Å². The molecule has 0 rings (SSSR count).